The molecule has 0 bridgehead atoms. The molecule has 106 valence electrons. The Kier molecular flexibility index (Phi) is 5.45. The van der Waals surface area contributed by atoms with E-state index in [1.807, 2.05) is 30.3 Å². The molecular weight excluding hydrogens is 270 g/mol. The van der Waals surface area contributed by atoms with Crippen molar-refractivity contribution in [3.63, 3.8) is 0 Å². The summed E-state index contributed by atoms with van der Waals surface area (Å²) in [5.41, 5.74) is 3.43. The molecule has 1 N–H and O–H groups in total. The zero-order valence-electron chi connectivity index (χ0n) is 11.9. The molecule has 0 saturated heterocycles. The first kappa shape index (κ1) is 14.9. The van der Waals surface area contributed by atoms with Gasteiger partial charge in [-0.15, -0.1) is 0 Å². The molecule has 2 rings (SSSR count). The van der Waals surface area contributed by atoms with Crippen LogP contribution >= 0.6 is 11.6 Å². The number of nitrogens with one attached hydrogen (secondary N) is 1. The Bertz CT molecular complexity index is 569. The van der Waals surface area contributed by atoms with E-state index in [2.05, 4.69) is 24.4 Å². The SMILES string of the molecule is CCCNCc1ccc(Cl)cc1-c1ccccc1OC. The number of ether oxygens (including phenoxy) is 1. The Morgan fingerprint density at radius 2 is 1.90 bits per heavy atom. The number of methoxy groups -OCH3 is 1. The molecule has 2 nitrogen and oxygen atoms in total. The van der Waals surface area contributed by atoms with Crippen molar-refractivity contribution in [3.05, 3.63) is 53.1 Å². The summed E-state index contributed by atoms with van der Waals surface area (Å²) in [6.45, 7) is 4.00. The average molecular weight is 290 g/mol. The van der Waals surface area contributed by atoms with E-state index in [0.29, 0.717) is 0 Å². The maximum absolute atomic E-state index is 6.16. The molecule has 0 aliphatic carbocycles. The lowest BCUT2D eigenvalue weighted by Crippen LogP contribution is -2.14. The van der Waals surface area contributed by atoms with Gasteiger partial charge in [0.25, 0.3) is 0 Å². The van der Waals surface area contributed by atoms with Crippen molar-refractivity contribution in [2.45, 2.75) is 19.9 Å². The minimum atomic E-state index is 0.741. The number of para-hydroxylation sites is 1. The Hall–Kier alpha value is -1.51. The second-order valence-electron chi connectivity index (χ2n) is 4.68. The number of halogens is 1. The highest BCUT2D eigenvalue weighted by atomic mass is 35.5. The van der Waals surface area contributed by atoms with Crippen molar-refractivity contribution in [1.29, 1.82) is 0 Å². The third kappa shape index (κ3) is 3.53. The molecule has 0 radical (unpaired) electrons. The van der Waals surface area contributed by atoms with E-state index in [-0.39, 0.29) is 0 Å². The van der Waals surface area contributed by atoms with Crippen LogP contribution in [0.15, 0.2) is 42.5 Å². The van der Waals surface area contributed by atoms with Crippen LogP contribution in [0.2, 0.25) is 5.02 Å². The van der Waals surface area contributed by atoms with Gasteiger partial charge in [0.2, 0.25) is 0 Å². The second-order valence-corrected chi connectivity index (χ2v) is 5.11. The lowest BCUT2D eigenvalue weighted by molar-refractivity contribution is 0.416. The fourth-order valence-electron chi connectivity index (χ4n) is 2.22. The molecule has 0 heterocycles. The van der Waals surface area contributed by atoms with E-state index in [1.54, 1.807) is 7.11 Å². The minimum Gasteiger partial charge on any atom is -0.496 e. The van der Waals surface area contributed by atoms with Crippen LogP contribution < -0.4 is 10.1 Å². The fraction of sp³-hybridized carbons (Fsp3) is 0.294. The summed E-state index contributed by atoms with van der Waals surface area (Å²) in [7, 11) is 1.69. The Morgan fingerprint density at radius 3 is 2.65 bits per heavy atom. The monoisotopic (exact) mass is 289 g/mol. The summed E-state index contributed by atoms with van der Waals surface area (Å²) in [5, 5.41) is 4.18. The predicted octanol–water partition coefficient (Wildman–Crippen LogP) is 4.52. The third-order valence-corrected chi connectivity index (χ3v) is 3.45. The summed E-state index contributed by atoms with van der Waals surface area (Å²) >= 11 is 6.16. The minimum absolute atomic E-state index is 0.741. The summed E-state index contributed by atoms with van der Waals surface area (Å²) < 4.78 is 5.46. The largest absolute Gasteiger partial charge is 0.496 e. The molecule has 2 aromatic rings. The average Bonchev–Trinajstić information content (AvgIpc) is 2.49. The summed E-state index contributed by atoms with van der Waals surface area (Å²) in [6.07, 6.45) is 1.12. The zero-order chi connectivity index (χ0) is 14.4. The third-order valence-electron chi connectivity index (χ3n) is 3.21. The van der Waals surface area contributed by atoms with Gasteiger partial charge in [0.05, 0.1) is 7.11 Å². The van der Waals surface area contributed by atoms with E-state index in [9.17, 15) is 0 Å². The zero-order valence-corrected chi connectivity index (χ0v) is 12.7. The number of hydrogen-bond donors (Lipinski definition) is 1. The molecule has 0 aromatic heterocycles. The summed E-state index contributed by atoms with van der Waals surface area (Å²) in [4.78, 5) is 0. The van der Waals surface area contributed by atoms with Crippen LogP contribution in [0.5, 0.6) is 5.75 Å². The Balaban J connectivity index is 2.40. The van der Waals surface area contributed by atoms with Gasteiger partial charge < -0.3 is 10.1 Å². The first-order chi connectivity index (χ1) is 9.76. The first-order valence-electron chi connectivity index (χ1n) is 6.88. The smallest absolute Gasteiger partial charge is 0.126 e. The van der Waals surface area contributed by atoms with Crippen LogP contribution in [0.25, 0.3) is 11.1 Å². The molecule has 0 fully saturated rings. The molecule has 0 amide bonds. The van der Waals surface area contributed by atoms with Crippen molar-refractivity contribution in [2.75, 3.05) is 13.7 Å². The van der Waals surface area contributed by atoms with Gasteiger partial charge >= 0.3 is 0 Å². The molecule has 20 heavy (non-hydrogen) atoms. The first-order valence-corrected chi connectivity index (χ1v) is 7.26. The van der Waals surface area contributed by atoms with E-state index >= 15 is 0 Å². The quantitative estimate of drug-likeness (QED) is 0.790. The fourth-order valence-corrected chi connectivity index (χ4v) is 2.39. The van der Waals surface area contributed by atoms with Gasteiger partial charge in [-0.05, 0) is 42.3 Å². The maximum atomic E-state index is 6.16. The van der Waals surface area contributed by atoms with E-state index in [0.717, 1.165) is 41.4 Å². The van der Waals surface area contributed by atoms with Crippen LogP contribution in [0.1, 0.15) is 18.9 Å². The second kappa shape index (κ2) is 7.32. The lowest BCUT2D eigenvalue weighted by Gasteiger charge is -2.14. The van der Waals surface area contributed by atoms with Crippen LogP contribution in [-0.4, -0.2) is 13.7 Å². The van der Waals surface area contributed by atoms with Gasteiger partial charge in [-0.25, -0.2) is 0 Å². The van der Waals surface area contributed by atoms with Crippen LogP contribution in [0.3, 0.4) is 0 Å². The molecule has 0 aliphatic rings. The molecule has 0 aliphatic heterocycles. The normalized spacial score (nSPS) is 10.6. The predicted molar refractivity (Wildman–Crippen MR) is 85.4 cm³/mol. The lowest BCUT2D eigenvalue weighted by atomic mass is 9.98. The van der Waals surface area contributed by atoms with E-state index in [4.69, 9.17) is 16.3 Å². The van der Waals surface area contributed by atoms with Crippen LogP contribution in [0.4, 0.5) is 0 Å². The van der Waals surface area contributed by atoms with Crippen molar-refractivity contribution >= 4 is 11.6 Å². The van der Waals surface area contributed by atoms with Gasteiger partial charge in [-0.2, -0.15) is 0 Å². The molecule has 0 spiro atoms. The number of benzene rings is 2. The van der Waals surface area contributed by atoms with E-state index in [1.165, 1.54) is 5.56 Å². The Labute approximate surface area is 125 Å². The van der Waals surface area contributed by atoms with Crippen LogP contribution in [-0.2, 0) is 6.54 Å². The van der Waals surface area contributed by atoms with Crippen LogP contribution in [0, 0.1) is 0 Å². The van der Waals surface area contributed by atoms with Gasteiger partial charge in [0, 0.05) is 17.1 Å². The van der Waals surface area contributed by atoms with Gasteiger partial charge in [0.15, 0.2) is 0 Å². The van der Waals surface area contributed by atoms with Gasteiger partial charge in [0.1, 0.15) is 5.75 Å². The van der Waals surface area contributed by atoms with Crippen molar-refractivity contribution in [3.8, 4) is 16.9 Å². The van der Waals surface area contributed by atoms with Gasteiger partial charge in [-0.1, -0.05) is 42.8 Å². The standard InChI is InChI=1S/C17H20ClNO/c1-3-10-19-12-13-8-9-14(18)11-16(13)15-6-4-5-7-17(15)20-2/h4-9,11,19H,3,10,12H2,1-2H3. The highest BCUT2D eigenvalue weighted by Gasteiger charge is 2.10. The molecule has 0 saturated carbocycles. The number of rotatable bonds is 6. The maximum Gasteiger partial charge on any atom is 0.126 e. The molecular formula is C17H20ClNO. The Morgan fingerprint density at radius 1 is 1.10 bits per heavy atom. The number of hydrogen-bond acceptors (Lipinski definition) is 2. The van der Waals surface area contributed by atoms with Crippen molar-refractivity contribution in [2.24, 2.45) is 0 Å². The molecule has 2 aromatic carbocycles. The molecule has 0 unspecified atom stereocenters. The summed E-state index contributed by atoms with van der Waals surface area (Å²) in [5.74, 6) is 0.867. The van der Waals surface area contributed by atoms with Crippen molar-refractivity contribution in [1.82, 2.24) is 5.32 Å². The van der Waals surface area contributed by atoms with Crippen molar-refractivity contribution < 1.29 is 4.74 Å². The summed E-state index contributed by atoms with van der Waals surface area (Å²) in [6, 6.07) is 14.0. The highest BCUT2D eigenvalue weighted by Crippen LogP contribution is 2.33. The highest BCUT2D eigenvalue weighted by molar-refractivity contribution is 6.30. The van der Waals surface area contributed by atoms with Gasteiger partial charge in [-0.3, -0.25) is 0 Å². The topological polar surface area (TPSA) is 21.3 Å². The molecule has 3 heteroatoms. The molecule has 0 atom stereocenters. The van der Waals surface area contributed by atoms with E-state index < -0.39 is 0 Å².